The first kappa shape index (κ1) is 18.8. The van der Waals surface area contributed by atoms with Gasteiger partial charge in [-0.1, -0.05) is 35.5 Å². The van der Waals surface area contributed by atoms with Gasteiger partial charge in [-0.25, -0.2) is 0 Å². The summed E-state index contributed by atoms with van der Waals surface area (Å²) in [5.41, 5.74) is 1.33. The fraction of sp³-hybridized carbons (Fsp3) is 0.167. The molecule has 0 bridgehead atoms. The fourth-order valence-corrected chi connectivity index (χ4v) is 3.30. The van der Waals surface area contributed by atoms with Crippen molar-refractivity contribution in [3.8, 4) is 11.3 Å². The molecule has 0 aliphatic carbocycles. The summed E-state index contributed by atoms with van der Waals surface area (Å²) in [6.45, 7) is 0.107. The Morgan fingerprint density at radius 3 is 2.44 bits per heavy atom. The number of alkyl halides is 3. The van der Waals surface area contributed by atoms with Gasteiger partial charge in [0.15, 0.2) is 5.76 Å². The minimum Gasteiger partial charge on any atom is -0.356 e. The van der Waals surface area contributed by atoms with Crippen molar-refractivity contribution in [2.75, 3.05) is 7.05 Å². The fourth-order valence-electron chi connectivity index (χ4n) is 2.34. The van der Waals surface area contributed by atoms with E-state index in [0.29, 0.717) is 22.8 Å². The Balaban J connectivity index is 1.69. The lowest BCUT2D eigenvalue weighted by molar-refractivity contribution is -0.0882. The molecule has 5 nitrogen and oxygen atoms in total. The van der Waals surface area contributed by atoms with Gasteiger partial charge in [-0.2, -0.15) is 13.2 Å². The van der Waals surface area contributed by atoms with Gasteiger partial charge in [0.1, 0.15) is 5.69 Å². The van der Waals surface area contributed by atoms with Gasteiger partial charge >= 0.3 is 6.18 Å². The maximum Gasteiger partial charge on any atom is 0.455 e. The number of amides is 1. The molecule has 140 valence electrons. The van der Waals surface area contributed by atoms with Crippen molar-refractivity contribution in [3.63, 3.8) is 0 Å². The first-order valence-corrected chi connectivity index (χ1v) is 8.55. The lowest BCUT2D eigenvalue weighted by atomic mass is 10.1. The molecule has 1 amide bonds. The van der Waals surface area contributed by atoms with Crippen LogP contribution in [0.1, 0.15) is 25.0 Å². The van der Waals surface area contributed by atoms with Crippen molar-refractivity contribution in [2.45, 2.75) is 12.7 Å². The van der Waals surface area contributed by atoms with E-state index in [2.05, 4.69) is 5.16 Å². The normalized spacial score (nSPS) is 11.4. The number of nitrogens with zero attached hydrogens (tertiary/aromatic N) is 2. The van der Waals surface area contributed by atoms with Crippen molar-refractivity contribution in [2.24, 2.45) is 0 Å². The Labute approximate surface area is 156 Å². The highest BCUT2D eigenvalue weighted by molar-refractivity contribution is 7.16. The molecular formula is C18H13F3N2O3S. The van der Waals surface area contributed by atoms with E-state index >= 15 is 0 Å². The predicted octanol–water partition coefficient (Wildman–Crippen LogP) is 4.42. The Hall–Kier alpha value is -2.94. The van der Waals surface area contributed by atoms with E-state index in [4.69, 9.17) is 4.52 Å². The molecule has 2 heterocycles. The number of aromatic nitrogens is 1. The van der Waals surface area contributed by atoms with E-state index in [1.54, 1.807) is 6.07 Å². The van der Waals surface area contributed by atoms with E-state index in [1.165, 1.54) is 18.0 Å². The van der Waals surface area contributed by atoms with E-state index in [0.717, 1.165) is 11.6 Å². The molecule has 0 unspecified atom stereocenters. The third-order valence-electron chi connectivity index (χ3n) is 3.66. The summed E-state index contributed by atoms with van der Waals surface area (Å²) >= 11 is 0.512. The Bertz CT molecular complexity index is 964. The minimum atomic E-state index is -4.97. The SMILES string of the molecule is CN(Cc1cc(-c2ccccc2)on1)C(=O)c1ccc(C(=O)C(F)(F)F)s1. The topological polar surface area (TPSA) is 63.4 Å². The van der Waals surface area contributed by atoms with Gasteiger partial charge in [0.2, 0.25) is 0 Å². The number of hydrogen-bond donors (Lipinski definition) is 0. The summed E-state index contributed by atoms with van der Waals surface area (Å²) in [5, 5.41) is 3.91. The smallest absolute Gasteiger partial charge is 0.356 e. The second kappa shape index (κ2) is 7.36. The number of Topliss-reactive ketones (excluding diaryl/α,β-unsaturated/α-hetero) is 1. The molecule has 3 aromatic rings. The van der Waals surface area contributed by atoms with Crippen LogP contribution in [0.4, 0.5) is 13.2 Å². The van der Waals surface area contributed by atoms with Crippen LogP contribution >= 0.6 is 11.3 Å². The maximum absolute atomic E-state index is 12.5. The molecule has 0 aliphatic heterocycles. The van der Waals surface area contributed by atoms with Crippen LogP contribution in [0.2, 0.25) is 0 Å². The molecule has 0 atom stereocenters. The number of halogens is 3. The molecule has 0 aliphatic rings. The Morgan fingerprint density at radius 2 is 1.78 bits per heavy atom. The van der Waals surface area contributed by atoms with Gasteiger partial charge in [-0.15, -0.1) is 11.3 Å². The number of rotatable bonds is 5. The highest BCUT2D eigenvalue weighted by atomic mass is 32.1. The molecule has 1 aromatic carbocycles. The van der Waals surface area contributed by atoms with Crippen molar-refractivity contribution in [3.05, 3.63) is 64.0 Å². The van der Waals surface area contributed by atoms with Crippen molar-refractivity contribution in [1.82, 2.24) is 10.1 Å². The van der Waals surface area contributed by atoms with Crippen molar-refractivity contribution < 1.29 is 27.3 Å². The van der Waals surface area contributed by atoms with Crippen LogP contribution in [0.3, 0.4) is 0 Å². The van der Waals surface area contributed by atoms with Crippen LogP contribution in [0, 0.1) is 0 Å². The average molecular weight is 394 g/mol. The predicted molar refractivity (Wildman–Crippen MR) is 92.4 cm³/mol. The van der Waals surface area contributed by atoms with Crippen LogP contribution < -0.4 is 0 Å². The average Bonchev–Trinajstić information content (AvgIpc) is 3.30. The summed E-state index contributed by atoms with van der Waals surface area (Å²) in [4.78, 5) is 24.4. The van der Waals surface area contributed by atoms with Crippen LogP contribution in [0.5, 0.6) is 0 Å². The standard InChI is InChI=1S/C18H13F3N2O3S/c1-23(10-12-9-13(26-22-12)11-5-3-2-4-6-11)17(25)15-8-7-14(27-15)16(24)18(19,20)21/h2-9H,10H2,1H3. The number of thiophene rings is 1. The quantitative estimate of drug-likeness (QED) is 0.601. The molecule has 0 fully saturated rings. The molecule has 0 spiro atoms. The summed E-state index contributed by atoms with van der Waals surface area (Å²) in [6.07, 6.45) is -4.97. The number of hydrogen-bond acceptors (Lipinski definition) is 5. The second-order valence-electron chi connectivity index (χ2n) is 5.70. The molecule has 3 rings (SSSR count). The first-order chi connectivity index (χ1) is 12.8. The monoisotopic (exact) mass is 394 g/mol. The summed E-state index contributed by atoms with van der Waals surface area (Å²) in [5.74, 6) is -1.93. The minimum absolute atomic E-state index is 0.0388. The van der Waals surface area contributed by atoms with Crippen LogP contribution in [-0.4, -0.2) is 35.0 Å². The molecule has 9 heteroatoms. The number of carbonyl (C=O) groups excluding carboxylic acids is 2. The van der Waals surface area contributed by atoms with Crippen LogP contribution in [0.15, 0.2) is 53.1 Å². The van der Waals surface area contributed by atoms with Gasteiger partial charge < -0.3 is 9.42 Å². The Morgan fingerprint density at radius 1 is 1.11 bits per heavy atom. The summed E-state index contributed by atoms with van der Waals surface area (Å²) < 4.78 is 42.7. The van der Waals surface area contributed by atoms with Gasteiger partial charge in [-0.05, 0) is 12.1 Å². The maximum atomic E-state index is 12.5. The molecule has 0 radical (unpaired) electrons. The summed E-state index contributed by atoms with van der Waals surface area (Å²) in [6, 6.07) is 13.2. The molecular weight excluding hydrogens is 381 g/mol. The van der Waals surface area contributed by atoms with E-state index in [9.17, 15) is 22.8 Å². The van der Waals surface area contributed by atoms with Crippen molar-refractivity contribution >= 4 is 23.0 Å². The lowest BCUT2D eigenvalue weighted by Crippen LogP contribution is -2.25. The third-order valence-corrected chi connectivity index (χ3v) is 4.73. The highest BCUT2D eigenvalue weighted by Gasteiger charge is 2.40. The third kappa shape index (κ3) is 4.25. The van der Waals surface area contributed by atoms with Crippen LogP contribution in [0.25, 0.3) is 11.3 Å². The van der Waals surface area contributed by atoms with Crippen LogP contribution in [-0.2, 0) is 6.54 Å². The van der Waals surface area contributed by atoms with Crippen molar-refractivity contribution in [1.29, 1.82) is 0 Å². The Kier molecular flexibility index (Phi) is 5.13. The second-order valence-corrected chi connectivity index (χ2v) is 6.78. The number of benzene rings is 1. The van der Waals surface area contributed by atoms with Gasteiger partial charge in [0.05, 0.1) is 16.3 Å². The molecule has 27 heavy (non-hydrogen) atoms. The highest BCUT2D eigenvalue weighted by Crippen LogP contribution is 2.27. The molecule has 0 saturated carbocycles. The van der Waals surface area contributed by atoms with E-state index in [1.807, 2.05) is 30.3 Å². The largest absolute Gasteiger partial charge is 0.455 e. The number of ketones is 1. The van der Waals surface area contributed by atoms with Gasteiger partial charge in [0, 0.05) is 18.7 Å². The molecule has 2 aromatic heterocycles. The van der Waals surface area contributed by atoms with Gasteiger partial charge in [0.25, 0.3) is 11.7 Å². The zero-order valence-corrected chi connectivity index (χ0v) is 14.8. The zero-order valence-electron chi connectivity index (χ0n) is 14.0. The van der Waals surface area contributed by atoms with E-state index in [-0.39, 0.29) is 11.4 Å². The lowest BCUT2D eigenvalue weighted by Gasteiger charge is -2.14. The summed E-state index contributed by atoms with van der Waals surface area (Å²) in [7, 11) is 1.49. The molecule has 0 N–H and O–H groups in total. The van der Waals surface area contributed by atoms with E-state index < -0.39 is 22.7 Å². The molecule has 0 saturated heterocycles. The first-order valence-electron chi connectivity index (χ1n) is 7.73. The van der Waals surface area contributed by atoms with Gasteiger partial charge in [-0.3, -0.25) is 9.59 Å². The number of carbonyl (C=O) groups is 2. The zero-order chi connectivity index (χ0) is 19.6.